The summed E-state index contributed by atoms with van der Waals surface area (Å²) < 4.78 is 13.8. The van der Waals surface area contributed by atoms with E-state index in [2.05, 4.69) is 5.32 Å². The van der Waals surface area contributed by atoms with Gasteiger partial charge in [0.05, 0.1) is 0 Å². The van der Waals surface area contributed by atoms with Gasteiger partial charge in [-0.1, -0.05) is 30.8 Å². The molecule has 2 aliphatic carbocycles. The van der Waals surface area contributed by atoms with E-state index in [4.69, 9.17) is 18.0 Å². The molecule has 0 aliphatic heterocycles. The molecule has 5 heteroatoms. The standard InChI is InChI=1S/C15H17FN2OS/c16-12-6-8(14(17)20)4-5-9(12)7-18-15(19)13-10-2-1-3-11(10)13/h4-6,10-11,13H,1-3,7H2,(H2,17,20)(H,18,19). The summed E-state index contributed by atoms with van der Waals surface area (Å²) in [6.07, 6.45) is 3.58. The van der Waals surface area contributed by atoms with E-state index in [9.17, 15) is 9.18 Å². The molecule has 3 nitrogen and oxygen atoms in total. The van der Waals surface area contributed by atoms with E-state index in [1.807, 2.05) is 0 Å². The molecule has 2 atom stereocenters. The van der Waals surface area contributed by atoms with Crippen molar-refractivity contribution in [2.45, 2.75) is 25.8 Å². The number of hydrogen-bond acceptors (Lipinski definition) is 2. The van der Waals surface area contributed by atoms with Gasteiger partial charge in [-0.2, -0.15) is 0 Å². The second-order valence-electron chi connectivity index (χ2n) is 5.67. The van der Waals surface area contributed by atoms with Gasteiger partial charge in [-0.05, 0) is 30.7 Å². The van der Waals surface area contributed by atoms with Gasteiger partial charge in [0.1, 0.15) is 10.8 Å². The fourth-order valence-electron chi connectivity index (χ4n) is 3.35. The molecule has 2 unspecified atom stereocenters. The van der Waals surface area contributed by atoms with Crippen molar-refractivity contribution in [3.63, 3.8) is 0 Å². The van der Waals surface area contributed by atoms with Crippen LogP contribution in [0.5, 0.6) is 0 Å². The fraction of sp³-hybridized carbons (Fsp3) is 0.467. The van der Waals surface area contributed by atoms with Crippen LogP contribution in [0.25, 0.3) is 0 Å². The first-order chi connectivity index (χ1) is 9.58. The highest BCUT2D eigenvalue weighted by atomic mass is 32.1. The lowest BCUT2D eigenvalue weighted by Gasteiger charge is -2.08. The van der Waals surface area contributed by atoms with Crippen LogP contribution < -0.4 is 11.1 Å². The third-order valence-corrected chi connectivity index (χ3v) is 4.74. The van der Waals surface area contributed by atoms with Gasteiger partial charge in [-0.3, -0.25) is 4.79 Å². The molecule has 0 heterocycles. The monoisotopic (exact) mass is 292 g/mol. The first-order valence-electron chi connectivity index (χ1n) is 6.94. The van der Waals surface area contributed by atoms with Gasteiger partial charge in [-0.15, -0.1) is 0 Å². The third-order valence-electron chi connectivity index (χ3n) is 4.50. The Balaban J connectivity index is 1.58. The van der Waals surface area contributed by atoms with Gasteiger partial charge in [-0.25, -0.2) is 4.39 Å². The number of thiocarbonyl (C=S) groups is 1. The van der Waals surface area contributed by atoms with Crippen LogP contribution in [0.15, 0.2) is 18.2 Å². The lowest BCUT2D eigenvalue weighted by molar-refractivity contribution is -0.123. The van der Waals surface area contributed by atoms with E-state index in [1.165, 1.54) is 25.3 Å². The van der Waals surface area contributed by atoms with Gasteiger partial charge in [0.15, 0.2) is 0 Å². The molecule has 1 aromatic carbocycles. The number of hydrogen-bond donors (Lipinski definition) is 2. The minimum Gasteiger partial charge on any atom is -0.389 e. The second kappa shape index (κ2) is 5.13. The Morgan fingerprint density at radius 1 is 1.40 bits per heavy atom. The summed E-state index contributed by atoms with van der Waals surface area (Å²) in [6, 6.07) is 4.62. The molecule has 106 valence electrons. The van der Waals surface area contributed by atoms with Crippen LogP contribution in [0.1, 0.15) is 30.4 Å². The SMILES string of the molecule is NC(=S)c1ccc(CNC(=O)C2C3CCCC32)c(F)c1. The Morgan fingerprint density at radius 3 is 2.70 bits per heavy atom. The molecule has 3 N–H and O–H groups in total. The number of halogens is 1. The van der Waals surface area contributed by atoms with Gasteiger partial charge in [0.25, 0.3) is 0 Å². The molecule has 1 amide bonds. The fourth-order valence-corrected chi connectivity index (χ4v) is 3.48. The summed E-state index contributed by atoms with van der Waals surface area (Å²) in [7, 11) is 0. The van der Waals surface area contributed by atoms with Gasteiger partial charge >= 0.3 is 0 Å². The van der Waals surface area contributed by atoms with Crippen molar-refractivity contribution in [3.05, 3.63) is 35.1 Å². The van der Waals surface area contributed by atoms with Crippen LogP contribution in [-0.4, -0.2) is 10.9 Å². The molecule has 0 radical (unpaired) electrons. The summed E-state index contributed by atoms with van der Waals surface area (Å²) in [5.41, 5.74) is 6.42. The van der Waals surface area contributed by atoms with Crippen LogP contribution in [-0.2, 0) is 11.3 Å². The molecule has 0 bridgehead atoms. The predicted molar refractivity (Wildman–Crippen MR) is 78.5 cm³/mol. The third kappa shape index (κ3) is 2.42. The van der Waals surface area contributed by atoms with Crippen molar-refractivity contribution in [3.8, 4) is 0 Å². The zero-order valence-electron chi connectivity index (χ0n) is 11.1. The zero-order chi connectivity index (χ0) is 14.3. The number of carbonyl (C=O) groups is 1. The number of fused-ring (bicyclic) bond motifs is 1. The van der Waals surface area contributed by atoms with E-state index < -0.39 is 0 Å². The van der Waals surface area contributed by atoms with Crippen molar-refractivity contribution >= 4 is 23.1 Å². The Hall–Kier alpha value is -1.49. The van der Waals surface area contributed by atoms with Crippen LogP contribution in [0, 0.1) is 23.6 Å². The lowest BCUT2D eigenvalue weighted by atomic mass is 10.1. The Bertz CT molecular complexity index is 565. The van der Waals surface area contributed by atoms with E-state index in [0.29, 0.717) is 23.0 Å². The number of nitrogens with one attached hydrogen (secondary N) is 1. The number of amides is 1. The smallest absolute Gasteiger partial charge is 0.223 e. The number of rotatable bonds is 4. The Kier molecular flexibility index (Phi) is 3.46. The molecule has 0 aromatic heterocycles. The van der Waals surface area contributed by atoms with E-state index in [1.54, 1.807) is 12.1 Å². The largest absolute Gasteiger partial charge is 0.389 e. The van der Waals surface area contributed by atoms with Gasteiger partial charge < -0.3 is 11.1 Å². The van der Waals surface area contributed by atoms with Crippen molar-refractivity contribution in [1.82, 2.24) is 5.32 Å². The number of nitrogens with two attached hydrogens (primary N) is 1. The minimum atomic E-state index is -0.383. The zero-order valence-corrected chi connectivity index (χ0v) is 11.9. The van der Waals surface area contributed by atoms with Crippen molar-refractivity contribution in [1.29, 1.82) is 0 Å². The summed E-state index contributed by atoms with van der Waals surface area (Å²) in [5, 5.41) is 2.84. The normalized spacial score (nSPS) is 26.9. The van der Waals surface area contributed by atoms with Crippen LogP contribution in [0.3, 0.4) is 0 Å². The van der Waals surface area contributed by atoms with E-state index in [-0.39, 0.29) is 29.2 Å². The topological polar surface area (TPSA) is 55.1 Å². The van der Waals surface area contributed by atoms with Gasteiger partial charge in [0.2, 0.25) is 5.91 Å². The van der Waals surface area contributed by atoms with E-state index >= 15 is 0 Å². The molecular weight excluding hydrogens is 275 g/mol. The van der Waals surface area contributed by atoms with E-state index in [0.717, 1.165) is 0 Å². The summed E-state index contributed by atoms with van der Waals surface area (Å²) in [4.78, 5) is 12.2. The predicted octanol–water partition coefficient (Wildman–Crippen LogP) is 2.12. The summed E-state index contributed by atoms with van der Waals surface area (Å²) in [5.74, 6) is 1.01. The maximum atomic E-state index is 13.8. The first kappa shape index (κ1) is 13.5. The maximum Gasteiger partial charge on any atom is 0.223 e. The van der Waals surface area contributed by atoms with Crippen LogP contribution in [0.2, 0.25) is 0 Å². The quantitative estimate of drug-likeness (QED) is 0.836. The molecular formula is C15H17FN2OS. The lowest BCUT2D eigenvalue weighted by Crippen LogP contribution is -2.26. The maximum absolute atomic E-state index is 13.8. The van der Waals surface area contributed by atoms with Crippen LogP contribution >= 0.6 is 12.2 Å². The molecule has 2 saturated carbocycles. The summed E-state index contributed by atoms with van der Waals surface area (Å²) >= 11 is 4.80. The number of benzene rings is 1. The second-order valence-corrected chi connectivity index (χ2v) is 6.11. The first-order valence-corrected chi connectivity index (χ1v) is 7.34. The van der Waals surface area contributed by atoms with Crippen molar-refractivity contribution < 1.29 is 9.18 Å². The Morgan fingerprint density at radius 2 is 2.10 bits per heavy atom. The highest BCUT2D eigenvalue weighted by Crippen LogP contribution is 2.57. The molecule has 20 heavy (non-hydrogen) atoms. The highest BCUT2D eigenvalue weighted by molar-refractivity contribution is 7.80. The minimum absolute atomic E-state index is 0.0672. The molecule has 0 spiro atoms. The Labute approximate surface area is 122 Å². The van der Waals surface area contributed by atoms with Crippen LogP contribution in [0.4, 0.5) is 4.39 Å². The molecule has 1 aromatic rings. The molecule has 3 rings (SSSR count). The van der Waals surface area contributed by atoms with Crippen molar-refractivity contribution in [2.75, 3.05) is 0 Å². The van der Waals surface area contributed by atoms with Gasteiger partial charge in [0, 0.05) is 23.6 Å². The number of carbonyl (C=O) groups excluding carboxylic acids is 1. The highest BCUT2D eigenvalue weighted by Gasteiger charge is 2.56. The average molecular weight is 292 g/mol. The molecule has 0 saturated heterocycles. The van der Waals surface area contributed by atoms with Crippen molar-refractivity contribution in [2.24, 2.45) is 23.5 Å². The average Bonchev–Trinajstić information content (AvgIpc) is 2.90. The molecule has 2 fully saturated rings. The molecule has 2 aliphatic rings. The summed E-state index contributed by atoms with van der Waals surface area (Å²) in [6.45, 7) is 0.220.